The fourth-order valence-electron chi connectivity index (χ4n) is 2.91. The quantitative estimate of drug-likeness (QED) is 0.640. The molecule has 2 amide bonds. The first-order valence-corrected chi connectivity index (χ1v) is 10.1. The lowest BCUT2D eigenvalue weighted by Crippen LogP contribution is -2.33. The number of amides is 2. The minimum atomic E-state index is -0.201. The minimum Gasteiger partial charge on any atom is -0.449 e. The van der Waals surface area contributed by atoms with E-state index < -0.39 is 0 Å². The van der Waals surface area contributed by atoms with Crippen LogP contribution in [0.25, 0.3) is 12.2 Å². The number of carbonyl (C=O) groups is 2. The van der Waals surface area contributed by atoms with Gasteiger partial charge in [0.05, 0.1) is 17.9 Å². The number of pyridine rings is 1. The third-order valence-electron chi connectivity index (χ3n) is 4.45. The summed E-state index contributed by atoms with van der Waals surface area (Å²) in [4.78, 5) is 32.1. The average Bonchev–Trinajstić information content (AvgIpc) is 3.22. The number of nitrogens with zero attached hydrogens (tertiary/aromatic N) is 2. The van der Waals surface area contributed by atoms with Crippen LogP contribution in [0.15, 0.2) is 72.6 Å². The fourth-order valence-corrected chi connectivity index (χ4v) is 3.76. The van der Waals surface area contributed by atoms with Crippen molar-refractivity contribution in [2.24, 2.45) is 0 Å². The molecule has 4 rings (SSSR count). The maximum atomic E-state index is 12.6. The van der Waals surface area contributed by atoms with Gasteiger partial charge >= 0.3 is 0 Å². The molecule has 7 heteroatoms. The molecule has 6 nitrogen and oxygen atoms in total. The molecule has 1 aliphatic rings. The van der Waals surface area contributed by atoms with Gasteiger partial charge in [-0.05, 0) is 42.5 Å². The Morgan fingerprint density at radius 3 is 2.77 bits per heavy atom. The molecule has 2 aromatic heterocycles. The number of para-hydroxylation sites is 2. The van der Waals surface area contributed by atoms with Crippen molar-refractivity contribution in [3.63, 3.8) is 0 Å². The number of fused-ring (bicyclic) bond motifs is 1. The van der Waals surface area contributed by atoms with E-state index in [4.69, 9.17) is 4.74 Å². The monoisotopic (exact) mass is 417 g/mol. The molecule has 1 aromatic carbocycles. The normalized spacial score (nSPS) is 14.6. The van der Waals surface area contributed by atoms with Crippen LogP contribution in [0.4, 0.5) is 5.69 Å². The van der Waals surface area contributed by atoms with Gasteiger partial charge in [-0.25, -0.2) is 0 Å². The third kappa shape index (κ3) is 4.47. The van der Waals surface area contributed by atoms with Crippen molar-refractivity contribution >= 4 is 41.0 Å². The van der Waals surface area contributed by atoms with Crippen LogP contribution in [0, 0.1) is 0 Å². The number of thiophene rings is 1. The molecular weight excluding hydrogens is 398 g/mol. The van der Waals surface area contributed by atoms with Crippen LogP contribution in [0.3, 0.4) is 0 Å². The van der Waals surface area contributed by atoms with E-state index in [1.807, 2.05) is 54.6 Å². The Balaban J connectivity index is 1.41. The highest BCUT2D eigenvalue weighted by Gasteiger charge is 2.27. The molecule has 0 atom stereocenters. The van der Waals surface area contributed by atoms with Crippen LogP contribution in [-0.4, -0.2) is 23.8 Å². The molecule has 1 aliphatic heterocycles. The van der Waals surface area contributed by atoms with Crippen LogP contribution in [-0.2, 0) is 16.1 Å². The lowest BCUT2D eigenvalue weighted by Gasteiger charge is -2.27. The molecule has 1 N–H and O–H groups in total. The average molecular weight is 417 g/mol. The van der Waals surface area contributed by atoms with Crippen LogP contribution in [0.1, 0.15) is 15.4 Å². The second kappa shape index (κ2) is 8.75. The summed E-state index contributed by atoms with van der Waals surface area (Å²) in [6.45, 7) is 0.375. The van der Waals surface area contributed by atoms with Gasteiger partial charge in [0.2, 0.25) is 5.91 Å². The van der Waals surface area contributed by atoms with E-state index in [-0.39, 0.29) is 17.6 Å². The number of likely N-dealkylation sites (N-methyl/N-ethyl adjacent to an activating group) is 1. The highest BCUT2D eigenvalue weighted by atomic mass is 32.1. The highest BCUT2D eigenvalue weighted by Crippen LogP contribution is 2.35. The number of rotatable bonds is 5. The van der Waals surface area contributed by atoms with E-state index in [2.05, 4.69) is 10.3 Å². The zero-order chi connectivity index (χ0) is 20.9. The summed E-state index contributed by atoms with van der Waals surface area (Å²) in [5, 5.41) is 2.80. The van der Waals surface area contributed by atoms with Crippen molar-refractivity contribution in [3.8, 4) is 5.75 Å². The van der Waals surface area contributed by atoms with E-state index in [9.17, 15) is 9.59 Å². The fraction of sp³-hybridized carbons (Fsp3) is 0.0870. The first-order chi connectivity index (χ1) is 14.6. The van der Waals surface area contributed by atoms with Crippen LogP contribution < -0.4 is 15.0 Å². The topological polar surface area (TPSA) is 71.5 Å². The van der Waals surface area contributed by atoms with Gasteiger partial charge in [-0.2, -0.15) is 0 Å². The van der Waals surface area contributed by atoms with Crippen molar-refractivity contribution < 1.29 is 14.3 Å². The first kappa shape index (κ1) is 19.6. The van der Waals surface area contributed by atoms with Gasteiger partial charge in [-0.3, -0.25) is 14.6 Å². The number of nitrogens with one attached hydrogen (secondary N) is 1. The molecule has 0 saturated heterocycles. The third-order valence-corrected chi connectivity index (χ3v) is 5.45. The molecule has 0 saturated carbocycles. The number of hydrogen-bond acceptors (Lipinski definition) is 5. The summed E-state index contributed by atoms with van der Waals surface area (Å²) in [5.74, 6) is 0.514. The van der Waals surface area contributed by atoms with E-state index in [0.29, 0.717) is 12.3 Å². The van der Waals surface area contributed by atoms with Crippen molar-refractivity contribution in [1.29, 1.82) is 0 Å². The first-order valence-electron chi connectivity index (χ1n) is 9.32. The zero-order valence-electron chi connectivity index (χ0n) is 16.2. The largest absolute Gasteiger partial charge is 0.449 e. The Bertz CT molecular complexity index is 1140. The van der Waals surface area contributed by atoms with E-state index >= 15 is 0 Å². The van der Waals surface area contributed by atoms with E-state index in [1.54, 1.807) is 30.3 Å². The zero-order valence-corrected chi connectivity index (χ0v) is 17.1. The van der Waals surface area contributed by atoms with Gasteiger partial charge < -0.3 is 15.0 Å². The lowest BCUT2D eigenvalue weighted by atomic mass is 10.2. The summed E-state index contributed by atoms with van der Waals surface area (Å²) in [5.41, 5.74) is 1.54. The molecule has 3 aromatic rings. The van der Waals surface area contributed by atoms with Gasteiger partial charge in [-0.15, -0.1) is 11.3 Å². The molecular formula is C23H19N3O3S. The SMILES string of the molecule is CN1C(=O)/C(=C/c2ccc(/C=C/C(=O)NCc3ccccn3)s2)Oc2ccccc21. The Morgan fingerprint density at radius 2 is 1.93 bits per heavy atom. The molecule has 30 heavy (non-hydrogen) atoms. The molecule has 0 spiro atoms. The van der Waals surface area contributed by atoms with Crippen molar-refractivity contribution in [2.45, 2.75) is 6.54 Å². The number of ether oxygens (including phenoxy) is 1. The maximum Gasteiger partial charge on any atom is 0.293 e. The van der Waals surface area contributed by atoms with Gasteiger partial charge in [0, 0.05) is 35.2 Å². The van der Waals surface area contributed by atoms with E-state index in [0.717, 1.165) is 21.1 Å². The highest BCUT2D eigenvalue weighted by molar-refractivity contribution is 7.13. The summed E-state index contributed by atoms with van der Waals surface area (Å²) >= 11 is 1.46. The summed E-state index contributed by atoms with van der Waals surface area (Å²) in [6.07, 6.45) is 6.64. The Hall–Kier alpha value is -3.71. The Morgan fingerprint density at radius 1 is 1.13 bits per heavy atom. The number of anilines is 1. The van der Waals surface area contributed by atoms with Gasteiger partial charge in [-0.1, -0.05) is 18.2 Å². The molecule has 0 bridgehead atoms. The van der Waals surface area contributed by atoms with Crippen LogP contribution >= 0.6 is 11.3 Å². The summed E-state index contributed by atoms with van der Waals surface area (Å²) in [6, 6.07) is 16.8. The molecule has 150 valence electrons. The van der Waals surface area contributed by atoms with Crippen LogP contribution in [0.5, 0.6) is 5.75 Å². The molecule has 0 unspecified atom stereocenters. The van der Waals surface area contributed by atoms with Gasteiger partial charge in [0.1, 0.15) is 0 Å². The number of aromatic nitrogens is 1. The van der Waals surface area contributed by atoms with Crippen molar-refractivity contribution in [1.82, 2.24) is 10.3 Å². The molecule has 0 aliphatic carbocycles. The Labute approximate surface area is 178 Å². The summed E-state index contributed by atoms with van der Waals surface area (Å²) in [7, 11) is 1.73. The van der Waals surface area contributed by atoms with Crippen molar-refractivity contribution in [2.75, 3.05) is 11.9 Å². The number of carbonyl (C=O) groups excluding carboxylic acids is 2. The molecule has 0 radical (unpaired) electrons. The van der Waals surface area contributed by atoms with Crippen LogP contribution in [0.2, 0.25) is 0 Å². The minimum absolute atomic E-state index is 0.196. The predicted octanol–water partition coefficient (Wildman–Crippen LogP) is 3.87. The summed E-state index contributed by atoms with van der Waals surface area (Å²) < 4.78 is 5.79. The standard InChI is InChI=1S/C23H19N3O3S/c1-26-19-7-2-3-8-20(19)29-21(23(26)28)14-18-10-9-17(30-18)11-12-22(27)25-15-16-6-4-5-13-24-16/h2-14H,15H2,1H3,(H,25,27)/b12-11+,21-14-. The lowest BCUT2D eigenvalue weighted by molar-refractivity contribution is -0.117. The predicted molar refractivity (Wildman–Crippen MR) is 118 cm³/mol. The molecule has 3 heterocycles. The molecule has 0 fully saturated rings. The van der Waals surface area contributed by atoms with E-state index in [1.165, 1.54) is 17.4 Å². The van der Waals surface area contributed by atoms with Gasteiger partial charge in [0.25, 0.3) is 5.91 Å². The second-order valence-corrected chi connectivity index (χ2v) is 7.70. The smallest absolute Gasteiger partial charge is 0.293 e. The van der Waals surface area contributed by atoms with Crippen molar-refractivity contribution in [3.05, 3.63) is 88.1 Å². The Kier molecular flexibility index (Phi) is 5.72. The number of hydrogen-bond donors (Lipinski definition) is 1. The second-order valence-electron chi connectivity index (χ2n) is 6.55. The number of benzene rings is 1. The van der Waals surface area contributed by atoms with Gasteiger partial charge in [0.15, 0.2) is 11.5 Å². The maximum absolute atomic E-state index is 12.6.